The van der Waals surface area contributed by atoms with Gasteiger partial charge >= 0.3 is 6.09 Å². The number of likely N-dealkylation sites (tertiary alicyclic amines) is 1. The molecule has 9 heteroatoms. The number of hydrogen-bond acceptors (Lipinski definition) is 8. The Hall–Kier alpha value is -4.57. The molecule has 1 saturated heterocycles. The van der Waals surface area contributed by atoms with Crippen LogP contribution < -0.4 is 14.2 Å². The summed E-state index contributed by atoms with van der Waals surface area (Å²) < 4.78 is 42.2. The molecule has 1 unspecified atom stereocenters. The van der Waals surface area contributed by atoms with Crippen molar-refractivity contribution in [3.05, 3.63) is 124 Å². The lowest BCUT2D eigenvalue weighted by Crippen LogP contribution is -2.55. The highest BCUT2D eigenvalue weighted by Gasteiger charge is 2.42. The maximum Gasteiger partial charge on any atom is 0.410 e. The van der Waals surface area contributed by atoms with Gasteiger partial charge in [0.25, 0.3) is 0 Å². The zero-order chi connectivity index (χ0) is 37.8. The molecule has 3 atom stereocenters. The van der Waals surface area contributed by atoms with Crippen LogP contribution in [0.2, 0.25) is 0 Å². The summed E-state index contributed by atoms with van der Waals surface area (Å²) in [7, 11) is 3.34. The summed E-state index contributed by atoms with van der Waals surface area (Å²) >= 11 is 0. The lowest BCUT2D eigenvalue weighted by atomic mass is 9.84. The molecule has 0 bridgehead atoms. The van der Waals surface area contributed by atoms with Crippen LogP contribution in [0, 0.1) is 13.8 Å². The Morgan fingerprint density at radius 2 is 1.26 bits per heavy atom. The van der Waals surface area contributed by atoms with Crippen molar-refractivity contribution in [3.8, 4) is 17.2 Å². The highest BCUT2D eigenvalue weighted by Crippen LogP contribution is 2.36. The summed E-state index contributed by atoms with van der Waals surface area (Å²) in [5.74, 6) is 2.24. The first-order valence-electron chi connectivity index (χ1n) is 18.4. The fourth-order valence-corrected chi connectivity index (χ4v) is 6.56. The Labute approximate surface area is 315 Å². The van der Waals surface area contributed by atoms with E-state index in [1.165, 1.54) is 0 Å². The molecule has 0 aliphatic carbocycles. The Balaban J connectivity index is 1.34. The number of methoxy groups -OCH3 is 2. The molecule has 0 radical (unpaired) electrons. The molecule has 1 heterocycles. The molecule has 1 fully saturated rings. The van der Waals surface area contributed by atoms with Gasteiger partial charge in [0.05, 0.1) is 72.6 Å². The predicted molar refractivity (Wildman–Crippen MR) is 206 cm³/mol. The van der Waals surface area contributed by atoms with Crippen LogP contribution in [0.4, 0.5) is 4.79 Å². The van der Waals surface area contributed by atoms with E-state index in [9.17, 15) is 4.79 Å². The molecule has 1 amide bonds. The van der Waals surface area contributed by atoms with Crippen molar-refractivity contribution >= 4 is 6.09 Å². The lowest BCUT2D eigenvalue weighted by molar-refractivity contribution is -0.100. The molecule has 53 heavy (non-hydrogen) atoms. The summed E-state index contributed by atoms with van der Waals surface area (Å²) in [5.41, 5.74) is 5.63. The molecule has 0 N–H and O–H groups in total. The number of piperidine rings is 1. The van der Waals surface area contributed by atoms with Gasteiger partial charge in [-0.2, -0.15) is 0 Å². The van der Waals surface area contributed by atoms with Crippen LogP contribution in [0.5, 0.6) is 17.2 Å². The molecule has 0 aromatic heterocycles. The van der Waals surface area contributed by atoms with E-state index in [1.54, 1.807) is 19.1 Å². The van der Waals surface area contributed by atoms with E-state index in [-0.39, 0.29) is 5.92 Å². The van der Waals surface area contributed by atoms with Gasteiger partial charge < -0.3 is 38.1 Å². The SMILES string of the molecule is COc1ccc(CO[C@H]2CN(C(=O)OC(C)(C)C)C[C@@H](OCc3ccc(OC)c(C)c3)C2c2ccc(OCCCOCc3ccccc3)cc2)cc1C. The number of nitrogens with zero attached hydrogens (tertiary/aromatic N) is 1. The number of aryl methyl sites for hydroxylation is 2. The monoisotopic (exact) mass is 725 g/mol. The van der Waals surface area contributed by atoms with E-state index in [2.05, 4.69) is 36.4 Å². The van der Waals surface area contributed by atoms with Crippen LogP contribution in [0.1, 0.15) is 66.5 Å². The largest absolute Gasteiger partial charge is 0.496 e. The third kappa shape index (κ3) is 11.7. The van der Waals surface area contributed by atoms with Crippen molar-refractivity contribution in [3.63, 3.8) is 0 Å². The molecular weight excluding hydrogens is 670 g/mol. The molecular formula is C44H55NO8. The Morgan fingerprint density at radius 3 is 1.77 bits per heavy atom. The Bertz CT molecular complexity index is 1670. The van der Waals surface area contributed by atoms with Crippen LogP contribution in [0.3, 0.4) is 0 Å². The van der Waals surface area contributed by atoms with Crippen molar-refractivity contribution in [2.45, 2.75) is 84.6 Å². The number of carbonyl (C=O) groups excluding carboxylic acids is 1. The van der Waals surface area contributed by atoms with Crippen molar-refractivity contribution in [1.82, 2.24) is 4.90 Å². The fourth-order valence-electron chi connectivity index (χ4n) is 6.56. The van der Waals surface area contributed by atoms with Crippen LogP contribution in [-0.4, -0.2) is 69.3 Å². The third-order valence-electron chi connectivity index (χ3n) is 9.18. The van der Waals surface area contributed by atoms with E-state index in [1.807, 2.05) is 89.2 Å². The zero-order valence-corrected chi connectivity index (χ0v) is 32.3. The van der Waals surface area contributed by atoms with E-state index in [0.29, 0.717) is 46.1 Å². The second kappa shape index (κ2) is 19.0. The Kier molecular flexibility index (Phi) is 14.2. The van der Waals surface area contributed by atoms with Gasteiger partial charge in [0.1, 0.15) is 22.8 Å². The lowest BCUT2D eigenvalue weighted by Gasteiger charge is -2.43. The molecule has 4 aromatic rings. The molecule has 1 aliphatic heterocycles. The quantitative estimate of drug-likeness (QED) is 0.106. The first kappa shape index (κ1) is 39.6. The highest BCUT2D eigenvalue weighted by molar-refractivity contribution is 5.68. The minimum atomic E-state index is -0.647. The topological polar surface area (TPSA) is 84.9 Å². The number of ether oxygens (including phenoxy) is 7. The Morgan fingerprint density at radius 1 is 0.698 bits per heavy atom. The van der Waals surface area contributed by atoms with Gasteiger partial charge in [0.2, 0.25) is 0 Å². The summed E-state index contributed by atoms with van der Waals surface area (Å²) in [5, 5.41) is 0. The number of benzene rings is 4. The number of hydrogen-bond donors (Lipinski definition) is 0. The van der Waals surface area contributed by atoms with Crippen molar-refractivity contribution in [2.75, 3.05) is 40.5 Å². The molecule has 0 spiro atoms. The zero-order valence-electron chi connectivity index (χ0n) is 32.3. The van der Waals surface area contributed by atoms with Gasteiger partial charge in [-0.1, -0.05) is 66.7 Å². The maximum absolute atomic E-state index is 13.5. The third-order valence-corrected chi connectivity index (χ3v) is 9.18. The summed E-state index contributed by atoms with van der Waals surface area (Å²) in [6.07, 6.45) is -0.404. The summed E-state index contributed by atoms with van der Waals surface area (Å²) in [4.78, 5) is 15.3. The summed E-state index contributed by atoms with van der Waals surface area (Å²) in [6.45, 7) is 12.8. The van der Waals surface area contributed by atoms with E-state index >= 15 is 0 Å². The minimum Gasteiger partial charge on any atom is -0.496 e. The second-order valence-corrected chi connectivity index (χ2v) is 14.5. The second-order valence-electron chi connectivity index (χ2n) is 14.5. The maximum atomic E-state index is 13.5. The molecule has 0 saturated carbocycles. The average molecular weight is 726 g/mol. The van der Waals surface area contributed by atoms with Gasteiger partial charge in [0.15, 0.2) is 0 Å². The number of carbonyl (C=O) groups is 1. The smallest absolute Gasteiger partial charge is 0.410 e. The minimum absolute atomic E-state index is 0.187. The highest BCUT2D eigenvalue weighted by atomic mass is 16.6. The van der Waals surface area contributed by atoms with Gasteiger partial charge in [0, 0.05) is 12.3 Å². The van der Waals surface area contributed by atoms with E-state index in [0.717, 1.165) is 57.1 Å². The molecule has 5 rings (SSSR count). The summed E-state index contributed by atoms with van der Waals surface area (Å²) in [6, 6.07) is 30.4. The van der Waals surface area contributed by atoms with Crippen LogP contribution in [0.15, 0.2) is 91.0 Å². The van der Waals surface area contributed by atoms with E-state index in [4.69, 9.17) is 33.2 Å². The standard InChI is InChI=1S/C44H55NO8/c1-31-24-34(14-20-38(31)47-6)29-51-40-26-45(43(46)53-44(3,4)5)27-41(52-30-35-15-21-39(48-7)32(2)25-35)42(40)36-16-18-37(19-17-36)50-23-11-22-49-28-33-12-9-8-10-13-33/h8-10,12-21,24-25,40-42H,11,22-23,26-30H2,1-7H3/t40-,41+,42?. The van der Waals surface area contributed by atoms with Crippen molar-refractivity contribution in [1.29, 1.82) is 0 Å². The number of amides is 1. The fraction of sp³-hybridized carbons (Fsp3) is 0.432. The molecule has 284 valence electrons. The normalized spacial score (nSPS) is 17.3. The van der Waals surface area contributed by atoms with Gasteiger partial charge in [-0.15, -0.1) is 0 Å². The van der Waals surface area contributed by atoms with Gasteiger partial charge in [-0.3, -0.25) is 0 Å². The average Bonchev–Trinajstić information content (AvgIpc) is 3.14. The predicted octanol–water partition coefficient (Wildman–Crippen LogP) is 8.81. The first-order chi connectivity index (χ1) is 25.5. The molecule has 4 aromatic carbocycles. The van der Waals surface area contributed by atoms with Crippen molar-refractivity contribution < 1.29 is 38.0 Å². The van der Waals surface area contributed by atoms with Crippen LogP contribution >= 0.6 is 0 Å². The first-order valence-corrected chi connectivity index (χ1v) is 18.4. The van der Waals surface area contributed by atoms with Crippen LogP contribution in [-0.2, 0) is 38.8 Å². The van der Waals surface area contributed by atoms with Gasteiger partial charge in [-0.25, -0.2) is 4.79 Å². The van der Waals surface area contributed by atoms with E-state index < -0.39 is 23.9 Å². The van der Waals surface area contributed by atoms with Crippen LogP contribution in [0.25, 0.3) is 0 Å². The molecule has 9 nitrogen and oxygen atoms in total. The number of rotatable bonds is 16. The molecule has 1 aliphatic rings. The van der Waals surface area contributed by atoms with Crippen molar-refractivity contribution in [2.24, 2.45) is 0 Å². The van der Waals surface area contributed by atoms with Gasteiger partial charge in [-0.05, 0) is 92.3 Å².